The van der Waals surface area contributed by atoms with E-state index in [0.29, 0.717) is 18.7 Å². The zero-order chi connectivity index (χ0) is 19.5. The summed E-state index contributed by atoms with van der Waals surface area (Å²) in [5.41, 5.74) is 3.40. The van der Waals surface area contributed by atoms with Crippen molar-refractivity contribution in [3.63, 3.8) is 0 Å². The van der Waals surface area contributed by atoms with Gasteiger partial charge in [0.1, 0.15) is 0 Å². The van der Waals surface area contributed by atoms with E-state index in [9.17, 15) is 9.90 Å². The summed E-state index contributed by atoms with van der Waals surface area (Å²) in [4.78, 5) is 21.8. The molecule has 0 radical (unpaired) electrons. The lowest BCUT2D eigenvalue weighted by Crippen LogP contribution is -2.29. The van der Waals surface area contributed by atoms with E-state index in [4.69, 9.17) is 0 Å². The Labute approximate surface area is 163 Å². The number of aromatic amines is 1. The van der Waals surface area contributed by atoms with Crippen LogP contribution in [0.25, 0.3) is 21.9 Å². The summed E-state index contributed by atoms with van der Waals surface area (Å²) in [5, 5.41) is 11.5. The number of aromatic nitrogens is 3. The van der Waals surface area contributed by atoms with Crippen LogP contribution in [0.3, 0.4) is 0 Å². The molecule has 4 aromatic rings. The van der Waals surface area contributed by atoms with Gasteiger partial charge in [-0.1, -0.05) is 42.5 Å². The monoisotopic (exact) mass is 374 g/mol. The second kappa shape index (κ2) is 7.70. The van der Waals surface area contributed by atoms with Crippen LogP contribution in [0, 0.1) is 0 Å². The van der Waals surface area contributed by atoms with Gasteiger partial charge in [-0.15, -0.1) is 0 Å². The van der Waals surface area contributed by atoms with Crippen LogP contribution < -0.4 is 0 Å². The van der Waals surface area contributed by atoms with Crippen LogP contribution in [-0.2, 0) is 6.54 Å². The van der Waals surface area contributed by atoms with E-state index in [-0.39, 0.29) is 12.5 Å². The number of hydrogen-bond donors (Lipinski definition) is 2. The Kier molecular flexibility index (Phi) is 4.95. The number of nitrogens with zero attached hydrogens (tertiary/aromatic N) is 3. The summed E-state index contributed by atoms with van der Waals surface area (Å²) >= 11 is 0. The molecule has 0 saturated carbocycles. The quantitative estimate of drug-likeness (QED) is 0.544. The number of nitrogens with one attached hydrogen (secondary N) is 1. The van der Waals surface area contributed by atoms with Crippen molar-refractivity contribution < 1.29 is 9.90 Å². The maximum atomic E-state index is 13.1. The van der Waals surface area contributed by atoms with Crippen LogP contribution >= 0.6 is 0 Å². The molecular weight excluding hydrogens is 352 g/mol. The highest BCUT2D eigenvalue weighted by atomic mass is 16.3. The molecule has 6 nitrogen and oxygen atoms in total. The highest BCUT2D eigenvalue weighted by Crippen LogP contribution is 2.32. The topological polar surface area (TPSA) is 74.2 Å². The van der Waals surface area contributed by atoms with Crippen molar-refractivity contribution in [2.45, 2.75) is 6.54 Å². The number of likely N-dealkylation sites (N-methyl/N-ethyl adjacent to an activating group) is 1. The van der Waals surface area contributed by atoms with Crippen LogP contribution in [0.15, 0.2) is 67.4 Å². The van der Waals surface area contributed by atoms with E-state index < -0.39 is 0 Å². The summed E-state index contributed by atoms with van der Waals surface area (Å²) < 4.78 is 1.98. The molecular formula is C22H22N4O2. The zero-order valence-electron chi connectivity index (χ0n) is 15.7. The van der Waals surface area contributed by atoms with Crippen molar-refractivity contribution in [2.24, 2.45) is 0 Å². The van der Waals surface area contributed by atoms with Gasteiger partial charge in [-0.25, -0.2) is 4.98 Å². The number of rotatable bonds is 6. The fourth-order valence-corrected chi connectivity index (χ4v) is 3.47. The van der Waals surface area contributed by atoms with Gasteiger partial charge in [-0.2, -0.15) is 0 Å². The number of carbonyl (C=O) groups excluding carboxylic acids is 1. The lowest BCUT2D eigenvalue weighted by Gasteiger charge is -2.16. The van der Waals surface area contributed by atoms with E-state index in [1.807, 2.05) is 47.4 Å². The van der Waals surface area contributed by atoms with Gasteiger partial charge in [0, 0.05) is 37.7 Å². The van der Waals surface area contributed by atoms with Crippen molar-refractivity contribution in [2.75, 3.05) is 20.2 Å². The average Bonchev–Trinajstić information content (AvgIpc) is 3.37. The Hall–Kier alpha value is -3.38. The number of hydrogen-bond acceptors (Lipinski definition) is 3. The number of aliphatic hydroxyl groups is 1. The number of aliphatic hydroxyl groups excluding tert-OH is 1. The highest BCUT2D eigenvalue weighted by molar-refractivity contribution is 6.05. The molecule has 1 amide bonds. The van der Waals surface area contributed by atoms with E-state index in [0.717, 1.165) is 27.6 Å². The molecule has 0 bridgehead atoms. The molecule has 2 N–H and O–H groups in total. The molecule has 2 heterocycles. The maximum Gasteiger partial charge on any atom is 0.255 e. The molecule has 28 heavy (non-hydrogen) atoms. The Bertz CT molecular complexity index is 1090. The van der Waals surface area contributed by atoms with Crippen LogP contribution in [0.2, 0.25) is 0 Å². The number of imidazole rings is 1. The molecule has 142 valence electrons. The van der Waals surface area contributed by atoms with Crippen molar-refractivity contribution in [1.29, 1.82) is 0 Å². The van der Waals surface area contributed by atoms with Gasteiger partial charge in [0.2, 0.25) is 0 Å². The standard InChI is InChI=1S/C22H22N4O2/c1-25(9-10-27)22(28)21-14-26(12-17-11-23-15-24-17)13-20(21)19-8-4-6-16-5-2-3-7-18(16)19/h2-8,11,13-15,27H,9-10,12H2,1H3,(H,23,24). The minimum Gasteiger partial charge on any atom is -0.395 e. The molecule has 0 aliphatic carbocycles. The zero-order valence-corrected chi connectivity index (χ0v) is 15.7. The highest BCUT2D eigenvalue weighted by Gasteiger charge is 2.20. The Morgan fingerprint density at radius 1 is 1.14 bits per heavy atom. The van der Waals surface area contributed by atoms with E-state index >= 15 is 0 Å². The molecule has 0 spiro atoms. The average molecular weight is 374 g/mol. The van der Waals surface area contributed by atoms with Gasteiger partial charge >= 0.3 is 0 Å². The number of amides is 1. The summed E-state index contributed by atoms with van der Waals surface area (Å²) in [5.74, 6) is -0.113. The Morgan fingerprint density at radius 2 is 1.96 bits per heavy atom. The number of fused-ring (bicyclic) bond motifs is 1. The Morgan fingerprint density at radius 3 is 2.75 bits per heavy atom. The molecule has 2 aromatic heterocycles. The van der Waals surface area contributed by atoms with Gasteiger partial charge in [-0.3, -0.25) is 4.79 Å². The first-order valence-corrected chi connectivity index (χ1v) is 9.19. The van der Waals surface area contributed by atoms with Crippen molar-refractivity contribution >= 4 is 16.7 Å². The summed E-state index contributed by atoms with van der Waals surface area (Å²) in [7, 11) is 1.70. The molecule has 0 fully saturated rings. The first kappa shape index (κ1) is 18.0. The van der Waals surface area contributed by atoms with Crippen LogP contribution in [0.1, 0.15) is 16.1 Å². The normalized spacial score (nSPS) is 11.1. The first-order chi connectivity index (χ1) is 13.7. The minimum absolute atomic E-state index is 0.0696. The lowest BCUT2D eigenvalue weighted by molar-refractivity contribution is 0.0767. The molecule has 2 aromatic carbocycles. The molecule has 0 aliphatic heterocycles. The van der Waals surface area contributed by atoms with Gasteiger partial charge in [0.05, 0.1) is 30.7 Å². The number of benzene rings is 2. The maximum absolute atomic E-state index is 13.1. The Balaban J connectivity index is 1.84. The molecule has 6 heteroatoms. The van der Waals surface area contributed by atoms with Crippen LogP contribution in [0.4, 0.5) is 0 Å². The minimum atomic E-state index is -0.113. The third-order valence-corrected chi connectivity index (χ3v) is 4.87. The van der Waals surface area contributed by atoms with Crippen LogP contribution in [0.5, 0.6) is 0 Å². The van der Waals surface area contributed by atoms with Gasteiger partial charge in [-0.05, 0) is 16.3 Å². The molecule has 0 unspecified atom stereocenters. The number of carbonyl (C=O) groups is 1. The SMILES string of the molecule is CN(CCO)C(=O)c1cn(Cc2c[nH]cn2)cc1-c1cccc2ccccc12. The van der Waals surface area contributed by atoms with E-state index in [1.165, 1.54) is 0 Å². The second-order valence-electron chi connectivity index (χ2n) is 6.80. The van der Waals surface area contributed by atoms with Crippen LogP contribution in [-0.4, -0.2) is 50.6 Å². The predicted octanol–water partition coefficient (Wildman–Crippen LogP) is 3.14. The fraction of sp³-hybridized carbons (Fsp3) is 0.182. The fourth-order valence-electron chi connectivity index (χ4n) is 3.47. The summed E-state index contributed by atoms with van der Waals surface area (Å²) in [6, 6.07) is 14.3. The first-order valence-electron chi connectivity index (χ1n) is 9.19. The summed E-state index contributed by atoms with van der Waals surface area (Å²) in [6.45, 7) is 0.788. The van der Waals surface area contributed by atoms with Gasteiger partial charge in [0.25, 0.3) is 5.91 Å². The molecule has 4 rings (SSSR count). The second-order valence-corrected chi connectivity index (χ2v) is 6.80. The molecule has 0 saturated heterocycles. The van der Waals surface area contributed by atoms with Gasteiger partial charge < -0.3 is 19.6 Å². The third kappa shape index (κ3) is 3.42. The third-order valence-electron chi connectivity index (χ3n) is 4.87. The van der Waals surface area contributed by atoms with Gasteiger partial charge in [0.15, 0.2) is 0 Å². The van der Waals surface area contributed by atoms with E-state index in [2.05, 4.69) is 28.2 Å². The molecule has 0 aliphatic rings. The largest absolute Gasteiger partial charge is 0.395 e. The van der Waals surface area contributed by atoms with Crippen molar-refractivity contribution in [1.82, 2.24) is 19.4 Å². The summed E-state index contributed by atoms with van der Waals surface area (Å²) in [6.07, 6.45) is 7.35. The van der Waals surface area contributed by atoms with Crippen molar-refractivity contribution in [3.05, 3.63) is 78.6 Å². The lowest BCUT2D eigenvalue weighted by atomic mass is 9.97. The predicted molar refractivity (Wildman–Crippen MR) is 109 cm³/mol. The van der Waals surface area contributed by atoms with Crippen molar-refractivity contribution in [3.8, 4) is 11.1 Å². The smallest absolute Gasteiger partial charge is 0.255 e. The van der Waals surface area contributed by atoms with E-state index in [1.54, 1.807) is 18.3 Å². The molecule has 0 atom stereocenters. The number of H-pyrrole nitrogens is 1.